The molecule has 1 aliphatic rings. The second-order valence-electron chi connectivity index (χ2n) is 12.3. The van der Waals surface area contributed by atoms with Crippen LogP contribution in [-0.4, -0.2) is 4.98 Å². The zero-order chi connectivity index (χ0) is 29.4. The minimum Gasteiger partial charge on any atom is -0.436 e. The first-order valence-corrected chi connectivity index (χ1v) is 15.2. The molecule has 2 heteroatoms. The maximum absolute atomic E-state index is 6.06. The molecule has 0 N–H and O–H groups in total. The molecule has 208 valence electrons. The van der Waals surface area contributed by atoms with Gasteiger partial charge in [0.05, 0.1) is 0 Å². The highest BCUT2D eigenvalue weighted by atomic mass is 16.3. The molecule has 0 aliphatic heterocycles. The predicted molar refractivity (Wildman–Crippen MR) is 183 cm³/mol. The van der Waals surface area contributed by atoms with Gasteiger partial charge in [0.2, 0.25) is 5.89 Å². The van der Waals surface area contributed by atoms with Crippen molar-refractivity contribution in [3.8, 4) is 44.8 Å². The van der Waals surface area contributed by atoms with Gasteiger partial charge in [0.25, 0.3) is 0 Å². The molecule has 44 heavy (non-hydrogen) atoms. The van der Waals surface area contributed by atoms with Gasteiger partial charge >= 0.3 is 0 Å². The van der Waals surface area contributed by atoms with Gasteiger partial charge in [0.1, 0.15) is 5.52 Å². The van der Waals surface area contributed by atoms with Crippen molar-refractivity contribution in [2.45, 2.75) is 19.3 Å². The van der Waals surface area contributed by atoms with Crippen molar-refractivity contribution >= 4 is 32.6 Å². The Morgan fingerprint density at radius 1 is 0.477 bits per heavy atom. The predicted octanol–water partition coefficient (Wildman–Crippen LogP) is 11.4. The average Bonchev–Trinajstić information content (AvgIpc) is 3.60. The van der Waals surface area contributed by atoms with Crippen molar-refractivity contribution in [2.24, 2.45) is 0 Å². The fourth-order valence-electron chi connectivity index (χ4n) is 7.39. The van der Waals surface area contributed by atoms with Gasteiger partial charge in [0, 0.05) is 11.0 Å². The van der Waals surface area contributed by atoms with Crippen LogP contribution in [0.2, 0.25) is 0 Å². The van der Waals surface area contributed by atoms with Gasteiger partial charge in [-0.25, -0.2) is 4.98 Å². The highest BCUT2D eigenvalue weighted by Gasteiger charge is 2.35. The summed E-state index contributed by atoms with van der Waals surface area (Å²) in [5.74, 6) is 0.643. The van der Waals surface area contributed by atoms with Crippen molar-refractivity contribution in [3.63, 3.8) is 0 Å². The van der Waals surface area contributed by atoms with Crippen LogP contribution in [0.5, 0.6) is 0 Å². The third-order valence-electron chi connectivity index (χ3n) is 9.52. The molecule has 0 spiro atoms. The Labute approximate surface area is 256 Å². The number of nitrogens with zero attached hydrogens (tertiary/aromatic N) is 1. The summed E-state index contributed by atoms with van der Waals surface area (Å²) in [6, 6.07) is 50.2. The van der Waals surface area contributed by atoms with E-state index in [2.05, 4.69) is 129 Å². The van der Waals surface area contributed by atoms with Gasteiger partial charge in [-0.05, 0) is 96.4 Å². The van der Waals surface area contributed by atoms with E-state index in [0.717, 1.165) is 16.7 Å². The highest BCUT2D eigenvalue weighted by Crippen LogP contribution is 2.51. The number of aromatic nitrogens is 1. The van der Waals surface area contributed by atoms with Crippen LogP contribution in [0, 0.1) is 0 Å². The van der Waals surface area contributed by atoms with Gasteiger partial charge < -0.3 is 4.42 Å². The molecule has 7 aromatic carbocycles. The zero-order valence-electron chi connectivity index (χ0n) is 24.6. The average molecular weight is 564 g/mol. The Kier molecular flexibility index (Phi) is 5.28. The lowest BCUT2D eigenvalue weighted by Crippen LogP contribution is -2.14. The number of rotatable bonds is 3. The Bertz CT molecular complexity index is 2320. The fourth-order valence-corrected chi connectivity index (χ4v) is 7.39. The first-order chi connectivity index (χ1) is 21.6. The molecule has 0 bridgehead atoms. The Morgan fingerprint density at radius 2 is 1.00 bits per heavy atom. The van der Waals surface area contributed by atoms with Crippen LogP contribution in [0.1, 0.15) is 25.0 Å². The SMILES string of the molecule is CC1(C)c2ccccc2-c2ccc(-c3c4ccccc4c(-c4ccc(-c5nc6ccccc6o5)cc4)c4ccccc34)cc21. The molecule has 0 amide bonds. The lowest BCUT2D eigenvalue weighted by molar-refractivity contribution is 0.620. The quantitative estimate of drug-likeness (QED) is 0.200. The van der Waals surface area contributed by atoms with Crippen LogP contribution in [0.3, 0.4) is 0 Å². The molecule has 0 saturated carbocycles. The van der Waals surface area contributed by atoms with Gasteiger partial charge in [-0.2, -0.15) is 0 Å². The minimum atomic E-state index is -0.0517. The van der Waals surface area contributed by atoms with E-state index in [9.17, 15) is 0 Å². The van der Waals surface area contributed by atoms with Gasteiger partial charge in [0.15, 0.2) is 5.58 Å². The lowest BCUT2D eigenvalue weighted by atomic mass is 9.80. The van der Waals surface area contributed by atoms with Crippen LogP contribution in [0.25, 0.3) is 77.5 Å². The maximum atomic E-state index is 6.06. The number of para-hydroxylation sites is 2. The van der Waals surface area contributed by atoms with E-state index >= 15 is 0 Å². The van der Waals surface area contributed by atoms with Gasteiger partial charge in [-0.3, -0.25) is 0 Å². The molecule has 0 atom stereocenters. The normalized spacial score (nSPS) is 13.4. The molecule has 0 saturated heterocycles. The molecule has 2 nitrogen and oxygen atoms in total. The van der Waals surface area contributed by atoms with Crippen LogP contribution in [0.15, 0.2) is 144 Å². The smallest absolute Gasteiger partial charge is 0.227 e. The summed E-state index contributed by atoms with van der Waals surface area (Å²) in [5.41, 5.74) is 13.1. The number of benzene rings is 7. The molecule has 1 aliphatic carbocycles. The van der Waals surface area contributed by atoms with Gasteiger partial charge in [-0.1, -0.05) is 123 Å². The molecular weight excluding hydrogens is 534 g/mol. The van der Waals surface area contributed by atoms with Crippen LogP contribution >= 0.6 is 0 Å². The monoisotopic (exact) mass is 563 g/mol. The Hall–Kier alpha value is -5.47. The molecule has 0 unspecified atom stereocenters. The molecule has 8 aromatic rings. The molecule has 0 radical (unpaired) electrons. The number of hydrogen-bond acceptors (Lipinski definition) is 2. The molecule has 0 fully saturated rings. The van der Waals surface area contributed by atoms with E-state index in [0.29, 0.717) is 5.89 Å². The fraction of sp³-hybridized carbons (Fsp3) is 0.0714. The van der Waals surface area contributed by atoms with E-state index in [1.165, 1.54) is 66.1 Å². The topological polar surface area (TPSA) is 26.0 Å². The Balaban J connectivity index is 1.24. The third kappa shape index (κ3) is 3.58. The van der Waals surface area contributed by atoms with E-state index in [1.807, 2.05) is 24.3 Å². The standard InChI is InChI=1S/C42H29NO/c1-42(2)35-16-8-7-11-29(35)30-24-23-28(25-36(30)42)40-33-14-5-3-12-31(33)39(32-13-4-6-15-34(32)40)26-19-21-27(22-20-26)41-43-37-17-9-10-18-38(37)44-41/h3-25H,1-2H3. The van der Waals surface area contributed by atoms with E-state index in [1.54, 1.807) is 0 Å². The van der Waals surface area contributed by atoms with Crippen molar-refractivity contribution in [1.29, 1.82) is 0 Å². The van der Waals surface area contributed by atoms with Gasteiger partial charge in [-0.15, -0.1) is 0 Å². The van der Waals surface area contributed by atoms with Crippen LogP contribution in [-0.2, 0) is 5.41 Å². The molecule has 9 rings (SSSR count). The second kappa shape index (κ2) is 9.26. The van der Waals surface area contributed by atoms with Crippen LogP contribution in [0.4, 0.5) is 0 Å². The number of oxazole rings is 1. The first-order valence-electron chi connectivity index (χ1n) is 15.2. The van der Waals surface area contributed by atoms with Crippen LogP contribution < -0.4 is 0 Å². The first kappa shape index (κ1) is 25.1. The van der Waals surface area contributed by atoms with Crippen molar-refractivity contribution in [1.82, 2.24) is 4.98 Å². The summed E-state index contributed by atoms with van der Waals surface area (Å²) < 4.78 is 6.06. The summed E-state index contributed by atoms with van der Waals surface area (Å²) in [4.78, 5) is 4.71. The maximum Gasteiger partial charge on any atom is 0.227 e. The van der Waals surface area contributed by atoms with Crippen molar-refractivity contribution in [3.05, 3.63) is 151 Å². The second-order valence-corrected chi connectivity index (χ2v) is 12.3. The Morgan fingerprint density at radius 3 is 1.68 bits per heavy atom. The molecule has 1 heterocycles. The third-order valence-corrected chi connectivity index (χ3v) is 9.52. The number of hydrogen-bond donors (Lipinski definition) is 0. The summed E-state index contributed by atoms with van der Waals surface area (Å²) in [6.07, 6.45) is 0. The number of fused-ring (bicyclic) bond motifs is 6. The molecule has 1 aromatic heterocycles. The van der Waals surface area contributed by atoms with Crippen molar-refractivity contribution < 1.29 is 4.42 Å². The van der Waals surface area contributed by atoms with E-state index in [-0.39, 0.29) is 5.41 Å². The highest BCUT2D eigenvalue weighted by molar-refractivity contribution is 6.21. The summed E-state index contributed by atoms with van der Waals surface area (Å²) in [6.45, 7) is 4.70. The largest absolute Gasteiger partial charge is 0.436 e. The summed E-state index contributed by atoms with van der Waals surface area (Å²) in [5, 5.41) is 5.02. The molecular formula is C42H29NO. The summed E-state index contributed by atoms with van der Waals surface area (Å²) >= 11 is 0. The lowest BCUT2D eigenvalue weighted by Gasteiger charge is -2.23. The van der Waals surface area contributed by atoms with E-state index < -0.39 is 0 Å². The minimum absolute atomic E-state index is 0.0517. The van der Waals surface area contributed by atoms with E-state index in [4.69, 9.17) is 9.40 Å². The summed E-state index contributed by atoms with van der Waals surface area (Å²) in [7, 11) is 0. The van der Waals surface area contributed by atoms with Crippen molar-refractivity contribution in [2.75, 3.05) is 0 Å². The zero-order valence-corrected chi connectivity index (χ0v) is 24.6.